The molecular weight excluding hydrogens is 303 g/mol. The van der Waals surface area contributed by atoms with Gasteiger partial charge in [0.05, 0.1) is 10.7 Å². The zero-order chi connectivity index (χ0) is 14.4. The molecule has 0 aliphatic heterocycles. The van der Waals surface area contributed by atoms with Gasteiger partial charge in [-0.1, -0.05) is 28.4 Å². The highest BCUT2D eigenvalue weighted by molar-refractivity contribution is 6.35. The quantitative estimate of drug-likeness (QED) is 0.821. The van der Waals surface area contributed by atoms with E-state index in [0.29, 0.717) is 28.9 Å². The number of hydrogen-bond donors (Lipinski definition) is 2. The number of aliphatic hydroxyl groups is 1. The van der Waals surface area contributed by atoms with Crippen molar-refractivity contribution in [3.8, 4) is 5.75 Å². The Morgan fingerprint density at radius 2 is 2.20 bits per heavy atom. The SMILES string of the molecule is OC(CNCc1ccon1)COc1ccc(Cl)cc1Cl. The van der Waals surface area contributed by atoms with Gasteiger partial charge in [0.25, 0.3) is 0 Å². The Morgan fingerprint density at radius 1 is 1.35 bits per heavy atom. The average molecular weight is 317 g/mol. The van der Waals surface area contributed by atoms with Gasteiger partial charge in [-0.25, -0.2) is 0 Å². The molecule has 0 amide bonds. The van der Waals surface area contributed by atoms with Gasteiger partial charge in [0.2, 0.25) is 0 Å². The number of nitrogens with one attached hydrogen (secondary N) is 1. The van der Waals surface area contributed by atoms with Crippen LogP contribution < -0.4 is 10.1 Å². The second-order valence-corrected chi connectivity index (χ2v) is 5.00. The number of benzene rings is 1. The molecule has 1 heterocycles. The van der Waals surface area contributed by atoms with Gasteiger partial charge in [-0.2, -0.15) is 0 Å². The van der Waals surface area contributed by atoms with Crippen LogP contribution in [0.25, 0.3) is 0 Å². The minimum Gasteiger partial charge on any atom is -0.489 e. The maximum atomic E-state index is 9.78. The summed E-state index contributed by atoms with van der Waals surface area (Å²) in [5.41, 5.74) is 0.777. The fourth-order valence-electron chi connectivity index (χ4n) is 1.53. The zero-order valence-corrected chi connectivity index (χ0v) is 12.1. The first-order valence-electron chi connectivity index (χ1n) is 6.01. The van der Waals surface area contributed by atoms with Crippen molar-refractivity contribution in [1.29, 1.82) is 0 Å². The van der Waals surface area contributed by atoms with Crippen LogP contribution in [-0.4, -0.2) is 29.5 Å². The predicted octanol–water partition coefficient (Wildman–Crippen LogP) is 2.51. The topological polar surface area (TPSA) is 67.5 Å². The standard InChI is InChI=1S/C13H14Cl2N2O3/c14-9-1-2-13(12(15)5-9)19-8-11(18)7-16-6-10-3-4-20-17-10/h1-5,11,16,18H,6-8H2. The van der Waals surface area contributed by atoms with Crippen molar-refractivity contribution in [2.24, 2.45) is 0 Å². The molecule has 2 aromatic rings. The lowest BCUT2D eigenvalue weighted by molar-refractivity contribution is 0.106. The Hall–Kier alpha value is -1.27. The first-order chi connectivity index (χ1) is 9.65. The van der Waals surface area contributed by atoms with E-state index in [-0.39, 0.29) is 6.61 Å². The Labute approximate surface area is 126 Å². The molecule has 0 saturated carbocycles. The number of rotatable bonds is 7. The fourth-order valence-corrected chi connectivity index (χ4v) is 2.00. The molecule has 0 aliphatic rings. The van der Waals surface area contributed by atoms with Crippen LogP contribution in [-0.2, 0) is 6.54 Å². The van der Waals surface area contributed by atoms with Gasteiger partial charge >= 0.3 is 0 Å². The summed E-state index contributed by atoms with van der Waals surface area (Å²) in [7, 11) is 0. The first-order valence-corrected chi connectivity index (χ1v) is 6.76. The van der Waals surface area contributed by atoms with E-state index in [0.717, 1.165) is 5.69 Å². The van der Waals surface area contributed by atoms with Crippen molar-refractivity contribution < 1.29 is 14.4 Å². The average Bonchev–Trinajstić information content (AvgIpc) is 2.91. The molecule has 0 radical (unpaired) electrons. The highest BCUT2D eigenvalue weighted by Gasteiger charge is 2.08. The number of aromatic nitrogens is 1. The van der Waals surface area contributed by atoms with Gasteiger partial charge in [-0.15, -0.1) is 0 Å². The van der Waals surface area contributed by atoms with Gasteiger partial charge in [0, 0.05) is 24.2 Å². The molecule has 108 valence electrons. The van der Waals surface area contributed by atoms with Crippen LogP contribution in [0.15, 0.2) is 35.1 Å². The van der Waals surface area contributed by atoms with E-state index in [9.17, 15) is 5.11 Å². The van der Waals surface area contributed by atoms with Crippen molar-refractivity contribution in [1.82, 2.24) is 10.5 Å². The predicted molar refractivity (Wildman–Crippen MR) is 76.2 cm³/mol. The van der Waals surface area contributed by atoms with Crippen molar-refractivity contribution in [2.45, 2.75) is 12.6 Å². The Bertz CT molecular complexity index is 534. The first kappa shape index (κ1) is 15.1. The summed E-state index contributed by atoms with van der Waals surface area (Å²) in [5.74, 6) is 0.492. The summed E-state index contributed by atoms with van der Waals surface area (Å²) >= 11 is 11.7. The van der Waals surface area contributed by atoms with E-state index in [1.807, 2.05) is 0 Å². The van der Waals surface area contributed by atoms with Gasteiger partial charge in [-0.3, -0.25) is 0 Å². The Balaban J connectivity index is 1.70. The maximum Gasteiger partial charge on any atom is 0.138 e. The van der Waals surface area contributed by atoms with Gasteiger partial charge in [0.1, 0.15) is 24.7 Å². The second-order valence-electron chi connectivity index (χ2n) is 4.16. The monoisotopic (exact) mass is 316 g/mol. The highest BCUT2D eigenvalue weighted by Crippen LogP contribution is 2.27. The molecule has 0 aliphatic carbocycles. The summed E-state index contributed by atoms with van der Waals surface area (Å²) < 4.78 is 10.1. The summed E-state index contributed by atoms with van der Waals surface area (Å²) in [5, 5.41) is 17.5. The minimum atomic E-state index is -0.659. The van der Waals surface area contributed by atoms with E-state index in [1.165, 1.54) is 6.26 Å². The molecule has 0 bridgehead atoms. The van der Waals surface area contributed by atoms with Crippen LogP contribution in [0.2, 0.25) is 10.0 Å². The Morgan fingerprint density at radius 3 is 2.90 bits per heavy atom. The van der Waals surface area contributed by atoms with Crippen molar-refractivity contribution in [3.05, 3.63) is 46.3 Å². The van der Waals surface area contributed by atoms with Crippen LogP contribution in [0.4, 0.5) is 0 Å². The van der Waals surface area contributed by atoms with E-state index in [1.54, 1.807) is 24.3 Å². The molecule has 0 spiro atoms. The summed E-state index contributed by atoms with van der Waals surface area (Å²) in [6.45, 7) is 1.03. The molecule has 1 atom stereocenters. The van der Waals surface area contributed by atoms with Crippen LogP contribution in [0, 0.1) is 0 Å². The smallest absolute Gasteiger partial charge is 0.138 e. The van der Waals surface area contributed by atoms with Crippen molar-refractivity contribution in [3.63, 3.8) is 0 Å². The largest absolute Gasteiger partial charge is 0.489 e. The molecule has 1 unspecified atom stereocenters. The lowest BCUT2D eigenvalue weighted by atomic mass is 10.3. The van der Waals surface area contributed by atoms with Crippen molar-refractivity contribution in [2.75, 3.05) is 13.2 Å². The molecule has 2 rings (SSSR count). The van der Waals surface area contributed by atoms with Crippen LogP contribution in [0.5, 0.6) is 5.75 Å². The van der Waals surface area contributed by atoms with E-state index in [2.05, 4.69) is 10.5 Å². The van der Waals surface area contributed by atoms with Gasteiger partial charge in [-0.05, 0) is 18.2 Å². The Kier molecular flexibility index (Phi) is 5.67. The van der Waals surface area contributed by atoms with Crippen LogP contribution >= 0.6 is 23.2 Å². The molecule has 7 heteroatoms. The number of aliphatic hydroxyl groups excluding tert-OH is 1. The summed E-state index contributed by atoms with van der Waals surface area (Å²) in [6.07, 6.45) is 0.840. The summed E-state index contributed by atoms with van der Waals surface area (Å²) in [6, 6.07) is 6.69. The number of ether oxygens (including phenoxy) is 1. The molecule has 0 fully saturated rings. The zero-order valence-electron chi connectivity index (χ0n) is 10.6. The third-order valence-corrected chi connectivity index (χ3v) is 3.03. The number of nitrogens with zero attached hydrogens (tertiary/aromatic N) is 1. The van der Waals surface area contributed by atoms with E-state index >= 15 is 0 Å². The second kappa shape index (κ2) is 7.50. The highest BCUT2D eigenvalue weighted by atomic mass is 35.5. The lowest BCUT2D eigenvalue weighted by Gasteiger charge is -2.13. The molecule has 2 N–H and O–H groups in total. The van der Waals surface area contributed by atoms with Crippen molar-refractivity contribution >= 4 is 23.2 Å². The molecular formula is C13H14Cl2N2O3. The third kappa shape index (κ3) is 4.68. The minimum absolute atomic E-state index is 0.132. The maximum absolute atomic E-state index is 9.78. The number of halogens is 2. The van der Waals surface area contributed by atoms with Gasteiger partial charge in [0.15, 0.2) is 0 Å². The molecule has 20 heavy (non-hydrogen) atoms. The van der Waals surface area contributed by atoms with E-state index < -0.39 is 6.10 Å². The molecule has 1 aromatic heterocycles. The van der Waals surface area contributed by atoms with Crippen LogP contribution in [0.3, 0.4) is 0 Å². The molecule has 0 saturated heterocycles. The summed E-state index contributed by atoms with van der Waals surface area (Å²) in [4.78, 5) is 0. The van der Waals surface area contributed by atoms with Crippen LogP contribution in [0.1, 0.15) is 5.69 Å². The fraction of sp³-hybridized carbons (Fsp3) is 0.308. The molecule has 5 nitrogen and oxygen atoms in total. The molecule has 1 aromatic carbocycles. The third-order valence-electron chi connectivity index (χ3n) is 2.50. The number of hydrogen-bond acceptors (Lipinski definition) is 5. The van der Waals surface area contributed by atoms with Gasteiger partial charge < -0.3 is 19.7 Å². The normalized spacial score (nSPS) is 12.3. The lowest BCUT2D eigenvalue weighted by Crippen LogP contribution is -2.31. The van der Waals surface area contributed by atoms with E-state index in [4.69, 9.17) is 32.5 Å².